The molecule has 0 unspecified atom stereocenters. The fourth-order valence-electron chi connectivity index (χ4n) is 3.24. The number of nitrogens with zero attached hydrogens (tertiary/aromatic N) is 1. The fourth-order valence-corrected chi connectivity index (χ4v) is 3.24. The minimum atomic E-state index is 0.137. The monoisotopic (exact) mass is 263 g/mol. The summed E-state index contributed by atoms with van der Waals surface area (Å²) < 4.78 is 5.16. The summed E-state index contributed by atoms with van der Waals surface area (Å²) >= 11 is 0. The predicted octanol–water partition coefficient (Wildman–Crippen LogP) is 2.81. The Bertz CT molecular complexity index is 427. The minimum absolute atomic E-state index is 0.137. The molecule has 1 saturated heterocycles. The summed E-state index contributed by atoms with van der Waals surface area (Å²) in [4.78, 5) is 4.43. The molecular formula is C15H25N3O. The van der Waals surface area contributed by atoms with Gasteiger partial charge in [-0.05, 0) is 46.6 Å². The van der Waals surface area contributed by atoms with Crippen LogP contribution in [0, 0.1) is 0 Å². The third-order valence-corrected chi connectivity index (χ3v) is 3.47. The molecule has 0 radical (unpaired) electrons. The van der Waals surface area contributed by atoms with Crippen molar-refractivity contribution in [1.82, 2.24) is 10.3 Å². The Balaban J connectivity index is 2.09. The Morgan fingerprint density at radius 2 is 1.84 bits per heavy atom. The zero-order valence-corrected chi connectivity index (χ0v) is 12.6. The molecule has 2 N–H and O–H groups in total. The van der Waals surface area contributed by atoms with Gasteiger partial charge in [-0.2, -0.15) is 4.98 Å². The normalized spacial score (nSPS) is 21.9. The van der Waals surface area contributed by atoms with Gasteiger partial charge in [-0.3, -0.25) is 0 Å². The summed E-state index contributed by atoms with van der Waals surface area (Å²) in [6.45, 7) is 9.01. The zero-order chi connectivity index (χ0) is 14.1. The van der Waals surface area contributed by atoms with Crippen molar-refractivity contribution in [3.63, 3.8) is 0 Å². The number of methoxy groups -OCH3 is 1. The predicted molar refractivity (Wildman–Crippen MR) is 78.7 cm³/mol. The fraction of sp³-hybridized carbons (Fsp3) is 0.667. The molecule has 1 aromatic rings. The number of pyridine rings is 1. The van der Waals surface area contributed by atoms with Crippen LogP contribution in [0.1, 0.15) is 40.5 Å². The van der Waals surface area contributed by atoms with E-state index in [0.29, 0.717) is 11.9 Å². The standard InChI is InChI=1S/C15H25N3O/c1-14(2)9-11(10-15(3,4)18-14)16-12-7-6-8-13(17-12)19-5/h6-8,11,18H,9-10H2,1-5H3,(H,16,17). The third-order valence-electron chi connectivity index (χ3n) is 3.47. The lowest BCUT2D eigenvalue weighted by molar-refractivity contribution is 0.170. The van der Waals surface area contributed by atoms with Crippen LogP contribution < -0.4 is 15.4 Å². The Labute approximate surface area is 116 Å². The lowest BCUT2D eigenvalue weighted by Gasteiger charge is -2.46. The van der Waals surface area contributed by atoms with Crippen molar-refractivity contribution >= 4 is 5.82 Å². The van der Waals surface area contributed by atoms with Gasteiger partial charge in [0.05, 0.1) is 7.11 Å². The van der Waals surface area contributed by atoms with Gasteiger partial charge in [-0.25, -0.2) is 0 Å². The number of ether oxygens (including phenoxy) is 1. The van der Waals surface area contributed by atoms with Crippen LogP contribution in [0.4, 0.5) is 5.82 Å². The molecule has 1 aliphatic rings. The molecule has 0 spiro atoms. The van der Waals surface area contributed by atoms with Crippen LogP contribution in [0.15, 0.2) is 18.2 Å². The lowest BCUT2D eigenvalue weighted by Crippen LogP contribution is -2.60. The summed E-state index contributed by atoms with van der Waals surface area (Å²) in [6, 6.07) is 6.24. The van der Waals surface area contributed by atoms with Crippen molar-refractivity contribution in [2.24, 2.45) is 0 Å². The van der Waals surface area contributed by atoms with E-state index in [4.69, 9.17) is 4.74 Å². The summed E-state index contributed by atoms with van der Waals surface area (Å²) in [5, 5.41) is 7.22. The molecule has 19 heavy (non-hydrogen) atoms. The molecule has 1 aliphatic heterocycles. The molecular weight excluding hydrogens is 238 g/mol. The number of piperidine rings is 1. The van der Waals surface area contributed by atoms with Crippen molar-refractivity contribution < 1.29 is 4.74 Å². The lowest BCUT2D eigenvalue weighted by atomic mass is 9.79. The van der Waals surface area contributed by atoms with Crippen LogP contribution >= 0.6 is 0 Å². The van der Waals surface area contributed by atoms with E-state index in [9.17, 15) is 0 Å². The van der Waals surface area contributed by atoms with Gasteiger partial charge in [0.2, 0.25) is 5.88 Å². The second-order valence-corrected chi connectivity index (χ2v) is 6.71. The van der Waals surface area contributed by atoms with Gasteiger partial charge in [-0.15, -0.1) is 0 Å². The highest BCUT2D eigenvalue weighted by atomic mass is 16.5. The Hall–Kier alpha value is -1.29. The van der Waals surface area contributed by atoms with E-state index in [1.165, 1.54) is 0 Å². The van der Waals surface area contributed by atoms with E-state index in [-0.39, 0.29) is 11.1 Å². The SMILES string of the molecule is COc1cccc(NC2CC(C)(C)NC(C)(C)C2)n1. The maximum absolute atomic E-state index is 5.16. The maximum atomic E-state index is 5.16. The van der Waals surface area contributed by atoms with E-state index in [0.717, 1.165) is 18.7 Å². The molecule has 4 nitrogen and oxygen atoms in total. The van der Waals surface area contributed by atoms with Crippen molar-refractivity contribution in [3.8, 4) is 5.88 Å². The van der Waals surface area contributed by atoms with Gasteiger partial charge >= 0.3 is 0 Å². The number of anilines is 1. The third kappa shape index (κ3) is 3.83. The van der Waals surface area contributed by atoms with E-state index in [2.05, 4.69) is 43.3 Å². The average molecular weight is 263 g/mol. The van der Waals surface area contributed by atoms with Crippen LogP contribution in [0.2, 0.25) is 0 Å². The highest BCUT2D eigenvalue weighted by Crippen LogP contribution is 2.30. The molecule has 4 heteroatoms. The first kappa shape index (κ1) is 14.1. The number of aromatic nitrogens is 1. The van der Waals surface area contributed by atoms with Crippen LogP contribution in [-0.4, -0.2) is 29.2 Å². The van der Waals surface area contributed by atoms with Gasteiger partial charge in [0, 0.05) is 23.2 Å². The maximum Gasteiger partial charge on any atom is 0.214 e. The first-order valence-electron chi connectivity index (χ1n) is 6.87. The highest BCUT2D eigenvalue weighted by molar-refractivity contribution is 5.38. The van der Waals surface area contributed by atoms with Crippen LogP contribution in [0.25, 0.3) is 0 Å². The van der Waals surface area contributed by atoms with Crippen molar-refractivity contribution in [2.45, 2.75) is 57.7 Å². The summed E-state index contributed by atoms with van der Waals surface area (Å²) in [7, 11) is 1.64. The molecule has 0 atom stereocenters. The molecule has 0 amide bonds. The second kappa shape index (κ2) is 5.00. The molecule has 106 valence electrons. The molecule has 1 aromatic heterocycles. The van der Waals surface area contributed by atoms with Gasteiger partial charge < -0.3 is 15.4 Å². The van der Waals surface area contributed by atoms with Crippen molar-refractivity contribution in [3.05, 3.63) is 18.2 Å². The van der Waals surface area contributed by atoms with Gasteiger partial charge in [-0.1, -0.05) is 6.07 Å². The van der Waals surface area contributed by atoms with Crippen LogP contribution in [0.5, 0.6) is 5.88 Å². The van der Waals surface area contributed by atoms with Crippen LogP contribution in [-0.2, 0) is 0 Å². The molecule has 2 heterocycles. The molecule has 0 aromatic carbocycles. The quantitative estimate of drug-likeness (QED) is 0.880. The highest BCUT2D eigenvalue weighted by Gasteiger charge is 2.37. The van der Waals surface area contributed by atoms with E-state index < -0.39 is 0 Å². The molecule has 1 fully saturated rings. The molecule has 0 aliphatic carbocycles. The summed E-state index contributed by atoms with van der Waals surface area (Å²) in [5.74, 6) is 1.54. The average Bonchev–Trinajstić information content (AvgIpc) is 2.24. The van der Waals surface area contributed by atoms with Crippen molar-refractivity contribution in [2.75, 3.05) is 12.4 Å². The topological polar surface area (TPSA) is 46.2 Å². The van der Waals surface area contributed by atoms with E-state index in [1.54, 1.807) is 7.11 Å². The Kier molecular flexibility index (Phi) is 3.72. The first-order chi connectivity index (χ1) is 8.80. The van der Waals surface area contributed by atoms with Gasteiger partial charge in [0.1, 0.15) is 5.82 Å². The molecule has 2 rings (SSSR count). The van der Waals surface area contributed by atoms with E-state index >= 15 is 0 Å². The van der Waals surface area contributed by atoms with Gasteiger partial charge in [0.25, 0.3) is 0 Å². The van der Waals surface area contributed by atoms with Gasteiger partial charge in [0.15, 0.2) is 0 Å². The molecule has 0 saturated carbocycles. The van der Waals surface area contributed by atoms with Crippen LogP contribution in [0.3, 0.4) is 0 Å². The summed E-state index contributed by atoms with van der Waals surface area (Å²) in [6.07, 6.45) is 2.16. The number of hydrogen-bond acceptors (Lipinski definition) is 4. The number of hydrogen-bond donors (Lipinski definition) is 2. The number of rotatable bonds is 3. The largest absolute Gasteiger partial charge is 0.481 e. The minimum Gasteiger partial charge on any atom is -0.481 e. The zero-order valence-electron chi connectivity index (χ0n) is 12.6. The Morgan fingerprint density at radius 3 is 2.42 bits per heavy atom. The number of nitrogens with one attached hydrogen (secondary N) is 2. The van der Waals surface area contributed by atoms with Crippen molar-refractivity contribution in [1.29, 1.82) is 0 Å². The second-order valence-electron chi connectivity index (χ2n) is 6.71. The molecule has 0 bridgehead atoms. The first-order valence-corrected chi connectivity index (χ1v) is 6.87. The smallest absolute Gasteiger partial charge is 0.214 e. The summed E-state index contributed by atoms with van der Waals surface area (Å²) in [5.41, 5.74) is 0.274. The Morgan fingerprint density at radius 1 is 1.21 bits per heavy atom. The van der Waals surface area contributed by atoms with E-state index in [1.807, 2.05) is 18.2 Å².